The van der Waals surface area contributed by atoms with Crippen molar-refractivity contribution in [3.05, 3.63) is 22.4 Å². The molecule has 1 spiro atoms. The van der Waals surface area contributed by atoms with E-state index in [2.05, 4.69) is 5.32 Å². The Morgan fingerprint density at radius 3 is 2.62 bits per heavy atom. The first-order valence-electron chi connectivity index (χ1n) is 8.42. The zero-order valence-corrected chi connectivity index (χ0v) is 14.7. The van der Waals surface area contributed by atoms with Gasteiger partial charge in [0.2, 0.25) is 5.91 Å². The van der Waals surface area contributed by atoms with E-state index in [-0.39, 0.29) is 18.4 Å². The lowest BCUT2D eigenvalue weighted by atomic mass is 9.90. The fourth-order valence-electron chi connectivity index (χ4n) is 3.47. The summed E-state index contributed by atoms with van der Waals surface area (Å²) in [7, 11) is 1.70. The van der Waals surface area contributed by atoms with Crippen molar-refractivity contribution in [3.63, 3.8) is 0 Å². The predicted molar refractivity (Wildman–Crippen MR) is 91.5 cm³/mol. The van der Waals surface area contributed by atoms with Crippen molar-refractivity contribution >= 4 is 29.2 Å². The Morgan fingerprint density at radius 1 is 1.29 bits per heavy atom. The number of urea groups is 1. The standard InChI is InChI=1S/C17H23N3O3S/c1-19(11-13-7-6-10-24-13)14(21)12-20-15(22)17(18-16(20)23)8-4-2-3-5-9-17/h6-7,10H,2-5,8-9,11-12H2,1H3,(H,18,23). The highest BCUT2D eigenvalue weighted by atomic mass is 32.1. The zero-order valence-electron chi connectivity index (χ0n) is 13.9. The normalized spacial score (nSPS) is 20.1. The number of likely N-dealkylation sites (N-methyl/N-ethyl adjacent to an activating group) is 1. The predicted octanol–water partition coefficient (Wildman–Crippen LogP) is 2.35. The summed E-state index contributed by atoms with van der Waals surface area (Å²) < 4.78 is 0. The molecule has 7 heteroatoms. The third kappa shape index (κ3) is 3.31. The molecule has 1 saturated heterocycles. The Labute approximate surface area is 145 Å². The average Bonchev–Trinajstić information content (AvgIpc) is 3.04. The van der Waals surface area contributed by atoms with Gasteiger partial charge in [0.05, 0.1) is 6.54 Å². The fraction of sp³-hybridized carbons (Fsp3) is 0.588. The molecule has 24 heavy (non-hydrogen) atoms. The Kier molecular flexibility index (Phi) is 4.89. The lowest BCUT2D eigenvalue weighted by molar-refractivity contribution is -0.138. The van der Waals surface area contributed by atoms with Gasteiger partial charge in [-0.3, -0.25) is 14.5 Å². The second kappa shape index (κ2) is 6.93. The molecule has 1 aromatic rings. The minimum Gasteiger partial charge on any atom is -0.339 e. The van der Waals surface area contributed by atoms with Crippen molar-refractivity contribution in [2.45, 2.75) is 50.6 Å². The van der Waals surface area contributed by atoms with Crippen LogP contribution in [0.1, 0.15) is 43.4 Å². The van der Waals surface area contributed by atoms with Gasteiger partial charge in [0, 0.05) is 11.9 Å². The third-order valence-electron chi connectivity index (χ3n) is 4.90. The first-order valence-corrected chi connectivity index (χ1v) is 9.30. The van der Waals surface area contributed by atoms with Crippen molar-refractivity contribution in [2.24, 2.45) is 0 Å². The molecule has 4 amide bonds. The topological polar surface area (TPSA) is 69.7 Å². The van der Waals surface area contributed by atoms with Crippen LogP contribution in [0.15, 0.2) is 17.5 Å². The summed E-state index contributed by atoms with van der Waals surface area (Å²) in [4.78, 5) is 41.2. The van der Waals surface area contributed by atoms with Crippen LogP contribution < -0.4 is 5.32 Å². The number of thiophene rings is 1. The van der Waals surface area contributed by atoms with Crippen LogP contribution in [0.25, 0.3) is 0 Å². The molecular weight excluding hydrogens is 326 g/mol. The molecule has 2 fully saturated rings. The average molecular weight is 349 g/mol. The zero-order chi connectivity index (χ0) is 17.2. The summed E-state index contributed by atoms with van der Waals surface area (Å²) >= 11 is 1.58. The van der Waals surface area contributed by atoms with E-state index in [4.69, 9.17) is 0 Å². The second-order valence-electron chi connectivity index (χ2n) is 6.65. The summed E-state index contributed by atoms with van der Waals surface area (Å²) in [6.45, 7) is 0.305. The molecule has 1 saturated carbocycles. The van der Waals surface area contributed by atoms with E-state index in [0.717, 1.165) is 35.5 Å². The second-order valence-corrected chi connectivity index (χ2v) is 7.68. The number of hydrogen-bond donors (Lipinski definition) is 1. The van der Waals surface area contributed by atoms with E-state index in [9.17, 15) is 14.4 Å². The summed E-state index contributed by atoms with van der Waals surface area (Å²) in [5.41, 5.74) is -0.778. The monoisotopic (exact) mass is 349 g/mol. The van der Waals surface area contributed by atoms with E-state index < -0.39 is 11.6 Å². The number of carbonyl (C=O) groups excluding carboxylic acids is 3. The van der Waals surface area contributed by atoms with E-state index in [1.165, 1.54) is 0 Å². The molecule has 6 nitrogen and oxygen atoms in total. The van der Waals surface area contributed by atoms with E-state index >= 15 is 0 Å². The Morgan fingerprint density at radius 2 is 2.00 bits per heavy atom. The molecular formula is C17H23N3O3S. The van der Waals surface area contributed by atoms with E-state index in [1.54, 1.807) is 23.3 Å². The van der Waals surface area contributed by atoms with Crippen LogP contribution in [0, 0.1) is 0 Å². The Hall–Kier alpha value is -1.89. The molecule has 1 N–H and O–H groups in total. The quantitative estimate of drug-likeness (QED) is 0.848. The summed E-state index contributed by atoms with van der Waals surface area (Å²) in [5, 5.41) is 4.83. The largest absolute Gasteiger partial charge is 0.339 e. The van der Waals surface area contributed by atoms with Crippen molar-refractivity contribution < 1.29 is 14.4 Å². The highest BCUT2D eigenvalue weighted by Crippen LogP contribution is 2.32. The highest BCUT2D eigenvalue weighted by molar-refractivity contribution is 7.09. The van der Waals surface area contributed by atoms with Crippen LogP contribution in [0.2, 0.25) is 0 Å². The maximum atomic E-state index is 12.8. The van der Waals surface area contributed by atoms with Gasteiger partial charge in [-0.05, 0) is 24.3 Å². The molecule has 3 rings (SSSR count). The highest BCUT2D eigenvalue weighted by Gasteiger charge is 2.51. The molecule has 1 aliphatic carbocycles. The van der Waals surface area contributed by atoms with Gasteiger partial charge in [-0.1, -0.05) is 31.7 Å². The van der Waals surface area contributed by atoms with Crippen molar-refractivity contribution in [1.82, 2.24) is 15.1 Å². The molecule has 0 bridgehead atoms. The van der Waals surface area contributed by atoms with Gasteiger partial charge in [-0.15, -0.1) is 11.3 Å². The van der Waals surface area contributed by atoms with Gasteiger partial charge in [-0.2, -0.15) is 0 Å². The summed E-state index contributed by atoms with van der Waals surface area (Å²) in [5.74, 6) is -0.454. The van der Waals surface area contributed by atoms with Gasteiger partial charge >= 0.3 is 6.03 Å². The maximum Gasteiger partial charge on any atom is 0.325 e. The SMILES string of the molecule is CN(Cc1cccs1)C(=O)CN1C(=O)NC2(CCCCCC2)C1=O. The first-order chi connectivity index (χ1) is 11.5. The molecule has 1 aliphatic heterocycles. The van der Waals surface area contributed by atoms with E-state index in [0.29, 0.717) is 19.4 Å². The number of carbonyl (C=O) groups is 3. The molecule has 2 aliphatic rings. The minimum absolute atomic E-state index is 0.186. The van der Waals surface area contributed by atoms with Crippen LogP contribution in [0.4, 0.5) is 4.79 Å². The molecule has 2 heterocycles. The third-order valence-corrected chi connectivity index (χ3v) is 5.76. The number of nitrogens with one attached hydrogen (secondary N) is 1. The Bertz CT molecular complexity index is 621. The first kappa shape index (κ1) is 17.0. The fourth-order valence-corrected chi connectivity index (χ4v) is 4.23. The lowest BCUT2D eigenvalue weighted by Crippen LogP contribution is -2.47. The molecule has 0 radical (unpaired) electrons. The molecule has 0 unspecified atom stereocenters. The number of imide groups is 1. The van der Waals surface area contributed by atoms with Crippen molar-refractivity contribution in [1.29, 1.82) is 0 Å². The molecule has 1 aromatic heterocycles. The van der Waals surface area contributed by atoms with Crippen molar-refractivity contribution in [3.8, 4) is 0 Å². The van der Waals surface area contributed by atoms with Crippen molar-refractivity contribution in [2.75, 3.05) is 13.6 Å². The van der Waals surface area contributed by atoms with Gasteiger partial charge in [-0.25, -0.2) is 4.79 Å². The lowest BCUT2D eigenvalue weighted by Gasteiger charge is -2.25. The summed E-state index contributed by atoms with van der Waals surface area (Å²) in [6.07, 6.45) is 5.40. The minimum atomic E-state index is -0.778. The van der Waals surface area contributed by atoms with Gasteiger partial charge in [0.15, 0.2) is 0 Å². The number of nitrogens with zero attached hydrogens (tertiary/aromatic N) is 2. The van der Waals surface area contributed by atoms with Gasteiger partial charge in [0.25, 0.3) is 5.91 Å². The summed E-state index contributed by atoms with van der Waals surface area (Å²) in [6, 6.07) is 3.47. The smallest absolute Gasteiger partial charge is 0.325 e. The van der Waals surface area contributed by atoms with Crippen LogP contribution in [0.3, 0.4) is 0 Å². The number of amides is 4. The van der Waals surface area contributed by atoms with E-state index in [1.807, 2.05) is 17.5 Å². The molecule has 0 aromatic carbocycles. The number of hydrogen-bond acceptors (Lipinski definition) is 4. The molecule has 130 valence electrons. The van der Waals surface area contributed by atoms with Crippen LogP contribution in [0.5, 0.6) is 0 Å². The Balaban J connectivity index is 1.65. The molecule has 0 atom stereocenters. The number of rotatable bonds is 4. The maximum absolute atomic E-state index is 12.8. The van der Waals surface area contributed by atoms with Gasteiger partial charge in [0.1, 0.15) is 12.1 Å². The van der Waals surface area contributed by atoms with Crippen LogP contribution in [-0.4, -0.2) is 46.8 Å². The van der Waals surface area contributed by atoms with Crippen LogP contribution in [-0.2, 0) is 16.1 Å². The van der Waals surface area contributed by atoms with Crippen LogP contribution >= 0.6 is 11.3 Å². The van der Waals surface area contributed by atoms with Gasteiger partial charge < -0.3 is 10.2 Å².